The smallest absolute Gasteiger partial charge is 0.294 e. The molecule has 2 aromatic carbocycles. The van der Waals surface area contributed by atoms with Crippen LogP contribution in [0.3, 0.4) is 0 Å². The molecule has 0 saturated heterocycles. The second-order valence-electron chi connectivity index (χ2n) is 5.07. The second-order valence-corrected chi connectivity index (χ2v) is 6.95. The lowest BCUT2D eigenvalue weighted by Crippen LogP contribution is -2.18. The predicted molar refractivity (Wildman–Crippen MR) is 88.5 cm³/mol. The third-order valence-electron chi connectivity index (χ3n) is 3.53. The first-order chi connectivity index (χ1) is 10.7. The van der Waals surface area contributed by atoms with Crippen LogP contribution < -0.4 is 10.0 Å². The molecular weight excluding hydrogens is 318 g/mol. The average molecular weight is 335 g/mol. The molecule has 8 heteroatoms. The van der Waals surface area contributed by atoms with Crippen LogP contribution in [0, 0.1) is 24.0 Å². The molecule has 0 spiro atoms. The van der Waals surface area contributed by atoms with Gasteiger partial charge in [-0.15, -0.1) is 0 Å². The number of anilines is 2. The quantitative estimate of drug-likeness (QED) is 0.646. The fourth-order valence-electron chi connectivity index (χ4n) is 2.03. The number of nitro groups is 1. The van der Waals surface area contributed by atoms with E-state index in [2.05, 4.69) is 10.0 Å². The van der Waals surface area contributed by atoms with Crippen molar-refractivity contribution >= 4 is 27.1 Å². The van der Waals surface area contributed by atoms with Crippen molar-refractivity contribution in [2.75, 3.05) is 12.4 Å². The highest BCUT2D eigenvalue weighted by atomic mass is 32.2. The van der Waals surface area contributed by atoms with Crippen LogP contribution in [-0.2, 0) is 10.0 Å². The van der Waals surface area contributed by atoms with Gasteiger partial charge in [0.05, 0.1) is 9.82 Å². The Hall–Kier alpha value is -2.45. The van der Waals surface area contributed by atoms with Gasteiger partial charge >= 0.3 is 0 Å². The Kier molecular flexibility index (Phi) is 4.67. The second kappa shape index (κ2) is 6.35. The van der Waals surface area contributed by atoms with Gasteiger partial charge in [0.25, 0.3) is 5.69 Å². The maximum atomic E-state index is 11.8. The van der Waals surface area contributed by atoms with Crippen LogP contribution in [0.1, 0.15) is 11.1 Å². The van der Waals surface area contributed by atoms with Gasteiger partial charge in [-0.25, -0.2) is 13.1 Å². The number of nitro benzene ring substituents is 1. The van der Waals surface area contributed by atoms with Gasteiger partial charge in [0, 0.05) is 11.8 Å². The summed E-state index contributed by atoms with van der Waals surface area (Å²) in [5.41, 5.74) is 2.78. The summed E-state index contributed by atoms with van der Waals surface area (Å²) < 4.78 is 25.7. The molecule has 23 heavy (non-hydrogen) atoms. The molecule has 2 aromatic rings. The van der Waals surface area contributed by atoms with Crippen LogP contribution in [0.4, 0.5) is 17.1 Å². The number of sulfonamides is 1. The van der Waals surface area contributed by atoms with Crippen LogP contribution >= 0.6 is 0 Å². The van der Waals surface area contributed by atoms with E-state index in [4.69, 9.17) is 0 Å². The highest BCUT2D eigenvalue weighted by Gasteiger charge is 2.20. The zero-order chi connectivity index (χ0) is 17.2. The highest BCUT2D eigenvalue weighted by molar-refractivity contribution is 7.89. The third-order valence-corrected chi connectivity index (χ3v) is 4.94. The zero-order valence-electron chi connectivity index (χ0n) is 13.0. The van der Waals surface area contributed by atoms with Gasteiger partial charge in [0.1, 0.15) is 5.69 Å². The van der Waals surface area contributed by atoms with E-state index in [0.717, 1.165) is 17.2 Å². The Balaban J connectivity index is 2.46. The number of hydrogen-bond acceptors (Lipinski definition) is 5. The van der Waals surface area contributed by atoms with Crippen LogP contribution in [0.25, 0.3) is 0 Å². The van der Waals surface area contributed by atoms with Crippen molar-refractivity contribution in [3.05, 3.63) is 57.6 Å². The minimum atomic E-state index is -3.74. The SMILES string of the molecule is CNS(=O)(=O)c1ccc(Nc2ccc(C)c(C)c2)c([N+](=O)[O-])c1. The molecular formula is C15H17N3O4S. The van der Waals surface area contributed by atoms with Crippen molar-refractivity contribution in [1.82, 2.24) is 4.72 Å². The minimum Gasteiger partial charge on any atom is -0.350 e. The molecule has 0 heterocycles. The number of nitrogens with one attached hydrogen (secondary N) is 2. The molecule has 0 radical (unpaired) electrons. The van der Waals surface area contributed by atoms with Gasteiger partial charge in [-0.1, -0.05) is 6.07 Å². The van der Waals surface area contributed by atoms with Gasteiger partial charge in [-0.05, 0) is 56.3 Å². The number of hydrogen-bond donors (Lipinski definition) is 2. The topological polar surface area (TPSA) is 101 Å². The lowest BCUT2D eigenvalue weighted by Gasteiger charge is -2.10. The highest BCUT2D eigenvalue weighted by Crippen LogP contribution is 2.30. The molecule has 7 nitrogen and oxygen atoms in total. The monoisotopic (exact) mass is 335 g/mol. The Labute approximate surface area is 134 Å². The van der Waals surface area contributed by atoms with E-state index in [1.54, 1.807) is 0 Å². The summed E-state index contributed by atoms with van der Waals surface area (Å²) in [5, 5.41) is 14.2. The van der Waals surface area contributed by atoms with Crippen LogP contribution in [0.5, 0.6) is 0 Å². The van der Waals surface area contributed by atoms with Crippen molar-refractivity contribution in [2.45, 2.75) is 18.7 Å². The molecule has 0 bridgehead atoms. The van der Waals surface area contributed by atoms with E-state index in [9.17, 15) is 18.5 Å². The first-order valence-electron chi connectivity index (χ1n) is 6.81. The molecule has 2 N–H and O–H groups in total. The van der Waals surface area contributed by atoms with Gasteiger partial charge in [-0.3, -0.25) is 10.1 Å². The van der Waals surface area contributed by atoms with E-state index in [-0.39, 0.29) is 16.3 Å². The van der Waals surface area contributed by atoms with Crippen molar-refractivity contribution in [3.63, 3.8) is 0 Å². The van der Waals surface area contributed by atoms with E-state index in [1.165, 1.54) is 19.2 Å². The van der Waals surface area contributed by atoms with Crippen molar-refractivity contribution in [1.29, 1.82) is 0 Å². The lowest BCUT2D eigenvalue weighted by atomic mass is 10.1. The predicted octanol–water partition coefficient (Wildman–Crippen LogP) is 2.86. The Morgan fingerprint density at radius 1 is 1.04 bits per heavy atom. The van der Waals surface area contributed by atoms with E-state index >= 15 is 0 Å². The first-order valence-corrected chi connectivity index (χ1v) is 8.29. The van der Waals surface area contributed by atoms with Gasteiger partial charge in [0.2, 0.25) is 10.0 Å². The Morgan fingerprint density at radius 3 is 2.30 bits per heavy atom. The fraction of sp³-hybridized carbons (Fsp3) is 0.200. The van der Waals surface area contributed by atoms with E-state index in [0.29, 0.717) is 5.69 Å². The molecule has 0 atom stereocenters. The Morgan fingerprint density at radius 2 is 1.74 bits per heavy atom. The van der Waals surface area contributed by atoms with Crippen molar-refractivity contribution in [2.24, 2.45) is 0 Å². The molecule has 0 amide bonds. The molecule has 0 aromatic heterocycles. The molecule has 0 aliphatic carbocycles. The summed E-state index contributed by atoms with van der Waals surface area (Å²) in [7, 11) is -2.49. The molecule has 0 aliphatic heterocycles. The molecule has 0 fully saturated rings. The van der Waals surface area contributed by atoms with Gasteiger partial charge in [-0.2, -0.15) is 0 Å². The zero-order valence-corrected chi connectivity index (χ0v) is 13.8. The third kappa shape index (κ3) is 3.66. The summed E-state index contributed by atoms with van der Waals surface area (Å²) in [6, 6.07) is 9.33. The number of benzene rings is 2. The van der Waals surface area contributed by atoms with Gasteiger partial charge in [0.15, 0.2) is 0 Å². The Bertz CT molecular complexity index is 863. The number of rotatable bonds is 5. The minimum absolute atomic E-state index is 0.155. The lowest BCUT2D eigenvalue weighted by molar-refractivity contribution is -0.384. The largest absolute Gasteiger partial charge is 0.350 e. The maximum Gasteiger partial charge on any atom is 0.294 e. The molecule has 0 saturated carbocycles. The van der Waals surface area contributed by atoms with E-state index in [1.807, 2.05) is 32.0 Å². The summed E-state index contributed by atoms with van der Waals surface area (Å²) >= 11 is 0. The number of aryl methyl sites for hydroxylation is 2. The van der Waals surface area contributed by atoms with Crippen molar-refractivity contribution < 1.29 is 13.3 Å². The molecule has 0 unspecified atom stereocenters. The normalized spacial score (nSPS) is 11.3. The van der Waals surface area contributed by atoms with Crippen molar-refractivity contribution in [3.8, 4) is 0 Å². The van der Waals surface area contributed by atoms with Crippen LogP contribution in [0.2, 0.25) is 0 Å². The summed E-state index contributed by atoms with van der Waals surface area (Å²) in [6.45, 7) is 3.91. The number of nitrogens with zero attached hydrogens (tertiary/aromatic N) is 1. The van der Waals surface area contributed by atoms with Crippen LogP contribution in [0.15, 0.2) is 41.3 Å². The average Bonchev–Trinajstić information content (AvgIpc) is 2.51. The molecule has 0 aliphatic rings. The van der Waals surface area contributed by atoms with E-state index < -0.39 is 14.9 Å². The first kappa shape index (κ1) is 16.9. The standard InChI is InChI=1S/C15H17N3O4S/c1-10-4-5-12(8-11(10)2)17-14-7-6-13(23(21,22)16-3)9-15(14)18(19)20/h4-9,16-17H,1-3H3. The fourth-order valence-corrected chi connectivity index (χ4v) is 2.78. The molecule has 2 rings (SSSR count). The summed E-state index contributed by atoms with van der Waals surface area (Å²) in [5.74, 6) is 0. The maximum absolute atomic E-state index is 11.8. The summed E-state index contributed by atoms with van der Waals surface area (Å²) in [4.78, 5) is 10.5. The molecule has 122 valence electrons. The summed E-state index contributed by atoms with van der Waals surface area (Å²) in [6.07, 6.45) is 0. The van der Waals surface area contributed by atoms with Crippen LogP contribution in [-0.4, -0.2) is 20.4 Å². The van der Waals surface area contributed by atoms with Gasteiger partial charge < -0.3 is 5.32 Å².